The number of carbonyl (C=O) groups is 3. The van der Waals surface area contributed by atoms with Gasteiger partial charge in [-0.05, 0) is 55.3 Å². The third-order valence-electron chi connectivity index (χ3n) is 6.90. The summed E-state index contributed by atoms with van der Waals surface area (Å²) < 4.78 is 34.4. The minimum Gasteiger partial charge on any atom is -0.486 e. The molecule has 0 aliphatic rings. The molecule has 4 rings (SSSR count). The van der Waals surface area contributed by atoms with Gasteiger partial charge in [0.05, 0.1) is 12.1 Å². The summed E-state index contributed by atoms with van der Waals surface area (Å²) in [5.41, 5.74) is 0.588. The second-order valence-electron chi connectivity index (χ2n) is 10.3. The number of benzene rings is 2. The van der Waals surface area contributed by atoms with Crippen molar-refractivity contribution < 1.29 is 33.0 Å². The lowest BCUT2D eigenvalue weighted by Crippen LogP contribution is -2.45. The number of fused-ring (bicyclic) bond motifs is 1. The molecule has 0 radical (unpaired) electrons. The van der Waals surface area contributed by atoms with E-state index in [9.17, 15) is 33.1 Å². The van der Waals surface area contributed by atoms with Crippen molar-refractivity contribution in [3.63, 3.8) is 0 Å². The summed E-state index contributed by atoms with van der Waals surface area (Å²) in [7, 11) is 4.43. The van der Waals surface area contributed by atoms with Crippen LogP contribution >= 0.6 is 0 Å². The van der Waals surface area contributed by atoms with Gasteiger partial charge in [-0.3, -0.25) is 19.3 Å². The van der Waals surface area contributed by atoms with E-state index >= 15 is 0 Å². The Bertz CT molecular complexity index is 1800. The highest BCUT2D eigenvalue weighted by Gasteiger charge is 2.27. The van der Waals surface area contributed by atoms with Gasteiger partial charge in [0.2, 0.25) is 11.8 Å². The first-order valence-corrected chi connectivity index (χ1v) is 13.8. The van der Waals surface area contributed by atoms with Crippen molar-refractivity contribution >= 4 is 34.6 Å². The average molecular weight is 623 g/mol. The van der Waals surface area contributed by atoms with Crippen molar-refractivity contribution in [1.82, 2.24) is 24.3 Å². The molecule has 3 amide bonds. The highest BCUT2D eigenvalue weighted by atomic mass is 19.1. The van der Waals surface area contributed by atoms with Gasteiger partial charge in [-0.1, -0.05) is 12.1 Å². The third kappa shape index (κ3) is 8.10. The molecule has 12 nitrogen and oxygen atoms in total. The molecule has 2 aromatic carbocycles. The predicted molar refractivity (Wildman–Crippen MR) is 162 cm³/mol. The Morgan fingerprint density at radius 2 is 1.91 bits per heavy atom. The molecule has 1 atom stereocenters. The van der Waals surface area contributed by atoms with E-state index in [0.29, 0.717) is 22.6 Å². The predicted octanol–water partition coefficient (Wildman–Crippen LogP) is 3.97. The summed E-state index contributed by atoms with van der Waals surface area (Å²) in [4.78, 5) is 59.7. The molecule has 2 aromatic heterocycles. The van der Waals surface area contributed by atoms with Crippen LogP contribution in [0.1, 0.15) is 24.2 Å². The van der Waals surface area contributed by atoms with Gasteiger partial charge in [0.1, 0.15) is 47.1 Å². The summed E-state index contributed by atoms with van der Waals surface area (Å²) in [5, 5.41) is 12.0. The number of aromatic amines is 1. The number of nitrogens with zero attached hydrogens (tertiary/aromatic N) is 4. The summed E-state index contributed by atoms with van der Waals surface area (Å²) in [6.45, 7) is -0.163. The minimum absolute atomic E-state index is 0.00753. The zero-order valence-corrected chi connectivity index (χ0v) is 24.8. The van der Waals surface area contributed by atoms with Gasteiger partial charge >= 0.3 is 6.09 Å². The second-order valence-corrected chi connectivity index (χ2v) is 10.3. The summed E-state index contributed by atoms with van der Waals surface area (Å²) >= 11 is 0. The first kappa shape index (κ1) is 32.4. The van der Waals surface area contributed by atoms with Crippen molar-refractivity contribution in [2.24, 2.45) is 0 Å². The van der Waals surface area contributed by atoms with Crippen LogP contribution in [0.3, 0.4) is 0 Å². The Kier molecular flexibility index (Phi) is 10.3. The minimum atomic E-state index is -1.33. The van der Waals surface area contributed by atoms with E-state index in [1.165, 1.54) is 40.9 Å². The molecule has 0 aliphatic carbocycles. The number of aromatic nitrogens is 3. The number of carbonyl (C=O) groups excluding carboxylic acids is 2. The Balaban J connectivity index is 1.48. The summed E-state index contributed by atoms with van der Waals surface area (Å²) in [5.74, 6) is -1.63. The lowest BCUT2D eigenvalue weighted by Gasteiger charge is -2.24. The van der Waals surface area contributed by atoms with E-state index in [1.54, 1.807) is 44.4 Å². The van der Waals surface area contributed by atoms with Crippen LogP contribution in [0.4, 0.5) is 19.3 Å². The van der Waals surface area contributed by atoms with E-state index in [-0.39, 0.29) is 43.2 Å². The van der Waals surface area contributed by atoms with Crippen LogP contribution in [0.5, 0.6) is 5.75 Å². The van der Waals surface area contributed by atoms with Crippen LogP contribution in [0.15, 0.2) is 71.7 Å². The molecular weight excluding hydrogens is 590 g/mol. The molecule has 4 aromatic rings. The first-order chi connectivity index (χ1) is 21.4. The largest absolute Gasteiger partial charge is 0.486 e. The number of para-hydroxylation sites is 1. The molecule has 3 N–H and O–H groups in total. The highest BCUT2D eigenvalue weighted by Crippen LogP contribution is 2.25. The number of halogens is 2. The van der Waals surface area contributed by atoms with E-state index in [0.717, 1.165) is 17.0 Å². The van der Waals surface area contributed by atoms with Crippen molar-refractivity contribution in [2.75, 3.05) is 26.5 Å². The number of allylic oxidation sites excluding steroid dienone is 1. The number of hydrogen-bond donors (Lipinski definition) is 3. The van der Waals surface area contributed by atoms with Crippen LogP contribution in [-0.2, 0) is 22.7 Å². The Hall–Kier alpha value is -5.53. The lowest BCUT2D eigenvalue weighted by atomic mass is 10.1. The Labute approximate surface area is 256 Å². The SMILES string of the molecule is CN(C)C(=O)C=CCCC(C(=O)Nc1cccn(Cc2nc3c(OCc4ccc(F)cc4F)cccc3[nH]2)c1=O)N(C)C(=O)O. The van der Waals surface area contributed by atoms with Gasteiger partial charge in [-0.25, -0.2) is 18.6 Å². The fourth-order valence-corrected chi connectivity index (χ4v) is 4.40. The van der Waals surface area contributed by atoms with Crippen molar-refractivity contribution in [1.29, 1.82) is 0 Å². The molecular formula is C31H32F2N6O6. The second kappa shape index (κ2) is 14.3. The van der Waals surface area contributed by atoms with Crippen LogP contribution in [0, 0.1) is 11.6 Å². The van der Waals surface area contributed by atoms with Crippen LogP contribution < -0.4 is 15.6 Å². The number of imidazole rings is 1. The molecule has 236 valence electrons. The number of pyridine rings is 1. The topological polar surface area (TPSA) is 150 Å². The fraction of sp³-hybridized carbons (Fsp3) is 0.258. The standard InChI is InChI=1S/C31H32F2N6O6/c1-37(2)27(40)12-5-4-10-24(38(3)31(43)44)29(41)35-23-9-7-15-39(30(23)42)17-26-34-22-8-6-11-25(28(22)36-26)45-18-19-13-14-20(32)16-21(19)33/h5-9,11-16,24H,4,10,17-18H2,1-3H3,(H,34,36)(H,35,41)(H,43,44). The Morgan fingerprint density at radius 3 is 2.62 bits per heavy atom. The van der Waals surface area contributed by atoms with E-state index in [1.807, 2.05) is 0 Å². The number of anilines is 1. The lowest BCUT2D eigenvalue weighted by molar-refractivity contribution is -0.123. The van der Waals surface area contributed by atoms with Gasteiger partial charge in [0, 0.05) is 39.0 Å². The summed E-state index contributed by atoms with van der Waals surface area (Å²) in [6.07, 6.45) is 3.38. The third-order valence-corrected chi connectivity index (χ3v) is 6.90. The molecule has 0 spiro atoms. The highest BCUT2D eigenvalue weighted by molar-refractivity contribution is 5.96. The van der Waals surface area contributed by atoms with Gasteiger partial charge < -0.3 is 29.6 Å². The normalized spacial score (nSPS) is 11.8. The van der Waals surface area contributed by atoms with Crippen molar-refractivity contribution in [3.8, 4) is 5.75 Å². The smallest absolute Gasteiger partial charge is 0.407 e. The number of likely N-dealkylation sites (N-methyl/N-ethyl adjacent to an activating group) is 2. The number of hydrogen-bond acceptors (Lipinski definition) is 6. The number of amides is 3. The molecule has 2 heterocycles. The molecule has 1 unspecified atom stereocenters. The molecule has 0 saturated carbocycles. The van der Waals surface area contributed by atoms with Gasteiger partial charge in [-0.2, -0.15) is 0 Å². The maximum Gasteiger partial charge on any atom is 0.407 e. The van der Waals surface area contributed by atoms with E-state index in [2.05, 4.69) is 15.3 Å². The number of carboxylic acid groups (broad SMARTS) is 1. The molecule has 14 heteroatoms. The number of nitrogens with one attached hydrogen (secondary N) is 2. The molecule has 0 aliphatic heterocycles. The molecule has 0 fully saturated rings. The molecule has 0 bridgehead atoms. The van der Waals surface area contributed by atoms with E-state index < -0.39 is 35.2 Å². The van der Waals surface area contributed by atoms with Gasteiger partial charge in [-0.15, -0.1) is 0 Å². The molecule has 0 saturated heterocycles. The van der Waals surface area contributed by atoms with Crippen molar-refractivity contribution in [2.45, 2.75) is 32.0 Å². The quantitative estimate of drug-likeness (QED) is 0.202. The zero-order valence-electron chi connectivity index (χ0n) is 24.8. The van der Waals surface area contributed by atoms with Crippen LogP contribution in [0.25, 0.3) is 11.0 Å². The fourth-order valence-electron chi connectivity index (χ4n) is 4.40. The maximum atomic E-state index is 14.1. The molecule has 45 heavy (non-hydrogen) atoms. The number of rotatable bonds is 12. The van der Waals surface area contributed by atoms with Crippen molar-refractivity contribution in [3.05, 3.63) is 100 Å². The number of H-pyrrole nitrogens is 1. The first-order valence-electron chi connectivity index (χ1n) is 13.8. The average Bonchev–Trinajstić information content (AvgIpc) is 3.41. The summed E-state index contributed by atoms with van der Waals surface area (Å²) in [6, 6.07) is 10.2. The number of ether oxygens (including phenoxy) is 1. The van der Waals surface area contributed by atoms with Crippen LogP contribution in [0.2, 0.25) is 0 Å². The zero-order chi connectivity index (χ0) is 32.7. The van der Waals surface area contributed by atoms with Gasteiger partial charge in [0.25, 0.3) is 5.56 Å². The Morgan fingerprint density at radius 1 is 1.13 bits per heavy atom. The maximum absolute atomic E-state index is 14.1. The monoisotopic (exact) mass is 622 g/mol. The van der Waals surface area contributed by atoms with Crippen LogP contribution in [-0.4, -0.2) is 74.5 Å². The van der Waals surface area contributed by atoms with Gasteiger partial charge in [0.15, 0.2) is 0 Å². The van der Waals surface area contributed by atoms with E-state index in [4.69, 9.17) is 4.74 Å².